The molecule has 0 heterocycles. The SMILES string of the molecule is O=S(=O)(NCC(O)c1cccc2ccccc12)c1c(Cl)cc(Br)cc1Cl. The number of rotatable bonds is 5. The second-order valence-corrected chi connectivity index (χ2v) is 9.07. The van der Waals surface area contributed by atoms with Crippen LogP contribution in [0.4, 0.5) is 0 Å². The smallest absolute Gasteiger partial charge is 0.243 e. The molecule has 0 saturated carbocycles. The molecule has 0 spiro atoms. The lowest BCUT2D eigenvalue weighted by atomic mass is 10.0. The Kier molecular flexibility index (Phi) is 5.91. The second-order valence-electron chi connectivity index (χ2n) is 5.63. The fraction of sp³-hybridized carbons (Fsp3) is 0.111. The van der Waals surface area contributed by atoms with Crippen molar-refractivity contribution >= 4 is 59.9 Å². The van der Waals surface area contributed by atoms with E-state index in [-0.39, 0.29) is 21.5 Å². The first kappa shape index (κ1) is 19.6. The van der Waals surface area contributed by atoms with Gasteiger partial charge in [0.1, 0.15) is 4.90 Å². The molecule has 0 saturated heterocycles. The Bertz CT molecular complexity index is 1040. The van der Waals surface area contributed by atoms with Crippen LogP contribution in [-0.4, -0.2) is 20.1 Å². The summed E-state index contributed by atoms with van der Waals surface area (Å²) in [6.45, 7) is -0.209. The van der Waals surface area contributed by atoms with Crippen LogP contribution in [-0.2, 0) is 10.0 Å². The van der Waals surface area contributed by atoms with Crippen molar-refractivity contribution in [1.82, 2.24) is 4.72 Å². The molecule has 0 amide bonds. The van der Waals surface area contributed by atoms with Gasteiger partial charge in [0, 0.05) is 11.0 Å². The van der Waals surface area contributed by atoms with E-state index in [0.717, 1.165) is 10.8 Å². The molecular formula is C18H14BrCl2NO3S. The molecule has 136 valence electrons. The molecule has 4 nitrogen and oxygen atoms in total. The van der Waals surface area contributed by atoms with Gasteiger partial charge in [-0.15, -0.1) is 0 Å². The second kappa shape index (κ2) is 7.84. The normalized spacial score (nSPS) is 13.1. The van der Waals surface area contributed by atoms with E-state index in [9.17, 15) is 13.5 Å². The van der Waals surface area contributed by atoms with Gasteiger partial charge in [-0.3, -0.25) is 0 Å². The Labute approximate surface area is 169 Å². The zero-order valence-corrected chi connectivity index (χ0v) is 17.2. The van der Waals surface area contributed by atoms with Crippen LogP contribution in [0.3, 0.4) is 0 Å². The van der Waals surface area contributed by atoms with Crippen molar-refractivity contribution < 1.29 is 13.5 Å². The van der Waals surface area contributed by atoms with Gasteiger partial charge in [0.2, 0.25) is 10.0 Å². The number of aliphatic hydroxyl groups is 1. The van der Waals surface area contributed by atoms with Crippen molar-refractivity contribution in [3.05, 3.63) is 74.7 Å². The molecule has 1 unspecified atom stereocenters. The Morgan fingerprint density at radius 2 is 1.65 bits per heavy atom. The summed E-state index contributed by atoms with van der Waals surface area (Å²) in [6, 6.07) is 16.0. The highest BCUT2D eigenvalue weighted by atomic mass is 79.9. The first-order valence-electron chi connectivity index (χ1n) is 7.59. The van der Waals surface area contributed by atoms with Gasteiger partial charge in [-0.1, -0.05) is 81.6 Å². The topological polar surface area (TPSA) is 66.4 Å². The average Bonchev–Trinajstić information content (AvgIpc) is 2.58. The summed E-state index contributed by atoms with van der Waals surface area (Å²) < 4.78 is 28.1. The molecule has 3 rings (SSSR count). The maximum absolute atomic E-state index is 12.6. The summed E-state index contributed by atoms with van der Waals surface area (Å²) in [7, 11) is -3.99. The van der Waals surface area contributed by atoms with Crippen molar-refractivity contribution in [2.45, 2.75) is 11.0 Å². The van der Waals surface area contributed by atoms with Gasteiger partial charge in [0.05, 0.1) is 16.1 Å². The van der Waals surface area contributed by atoms with E-state index in [0.29, 0.717) is 10.0 Å². The third kappa shape index (κ3) is 4.06. The number of nitrogens with one attached hydrogen (secondary N) is 1. The summed E-state index contributed by atoms with van der Waals surface area (Å²) in [5, 5.41) is 12.3. The van der Waals surface area contributed by atoms with Gasteiger partial charge >= 0.3 is 0 Å². The van der Waals surface area contributed by atoms with Crippen LogP contribution in [0.2, 0.25) is 10.0 Å². The molecule has 26 heavy (non-hydrogen) atoms. The summed E-state index contributed by atoms with van der Waals surface area (Å²) >= 11 is 15.3. The molecule has 0 aliphatic rings. The van der Waals surface area contributed by atoms with Crippen molar-refractivity contribution in [2.24, 2.45) is 0 Å². The average molecular weight is 475 g/mol. The van der Waals surface area contributed by atoms with Crippen molar-refractivity contribution in [1.29, 1.82) is 0 Å². The highest BCUT2D eigenvalue weighted by molar-refractivity contribution is 9.10. The number of hydrogen-bond acceptors (Lipinski definition) is 3. The Hall–Kier alpha value is -1.15. The van der Waals surface area contributed by atoms with Gasteiger partial charge in [-0.2, -0.15) is 0 Å². The maximum Gasteiger partial charge on any atom is 0.243 e. The van der Waals surface area contributed by atoms with E-state index in [1.54, 1.807) is 6.07 Å². The van der Waals surface area contributed by atoms with Crippen LogP contribution in [0.1, 0.15) is 11.7 Å². The van der Waals surface area contributed by atoms with Gasteiger partial charge in [0.25, 0.3) is 0 Å². The third-order valence-corrected chi connectivity index (χ3v) is 6.68. The first-order valence-corrected chi connectivity index (χ1v) is 10.6. The Balaban J connectivity index is 1.86. The third-order valence-electron chi connectivity index (χ3n) is 3.88. The van der Waals surface area contributed by atoms with Crippen LogP contribution in [0.5, 0.6) is 0 Å². The van der Waals surface area contributed by atoms with E-state index >= 15 is 0 Å². The minimum atomic E-state index is -3.99. The minimum Gasteiger partial charge on any atom is -0.387 e. The summed E-state index contributed by atoms with van der Waals surface area (Å²) in [4.78, 5) is -0.214. The lowest BCUT2D eigenvalue weighted by Crippen LogP contribution is -2.29. The van der Waals surface area contributed by atoms with Gasteiger partial charge in [-0.25, -0.2) is 13.1 Å². The van der Waals surface area contributed by atoms with Crippen LogP contribution in [0.25, 0.3) is 10.8 Å². The van der Waals surface area contributed by atoms with Crippen molar-refractivity contribution in [3.8, 4) is 0 Å². The minimum absolute atomic E-state index is 0.00322. The number of fused-ring (bicyclic) bond motifs is 1. The number of aliphatic hydroxyl groups excluding tert-OH is 1. The molecular weight excluding hydrogens is 461 g/mol. The molecule has 3 aromatic rings. The molecule has 8 heteroatoms. The zero-order valence-electron chi connectivity index (χ0n) is 13.3. The predicted molar refractivity (Wildman–Crippen MR) is 108 cm³/mol. The number of hydrogen-bond donors (Lipinski definition) is 2. The van der Waals surface area contributed by atoms with E-state index in [2.05, 4.69) is 20.7 Å². The van der Waals surface area contributed by atoms with Gasteiger partial charge in [0.15, 0.2) is 0 Å². The summed E-state index contributed by atoms with van der Waals surface area (Å²) in [5.41, 5.74) is 0.638. The molecule has 1 atom stereocenters. The van der Waals surface area contributed by atoms with Crippen LogP contribution in [0, 0.1) is 0 Å². The summed E-state index contributed by atoms with van der Waals surface area (Å²) in [5.74, 6) is 0. The Morgan fingerprint density at radius 1 is 1.04 bits per heavy atom. The number of sulfonamides is 1. The van der Waals surface area contributed by atoms with Crippen molar-refractivity contribution in [2.75, 3.05) is 6.54 Å². The lowest BCUT2D eigenvalue weighted by molar-refractivity contribution is 0.183. The molecule has 0 aliphatic carbocycles. The van der Waals surface area contributed by atoms with E-state index < -0.39 is 16.1 Å². The van der Waals surface area contributed by atoms with Crippen LogP contribution in [0.15, 0.2) is 64.0 Å². The molecule has 0 bridgehead atoms. The van der Waals surface area contributed by atoms with Crippen molar-refractivity contribution in [3.63, 3.8) is 0 Å². The fourth-order valence-corrected chi connectivity index (χ4v) is 5.67. The number of halogens is 3. The quantitative estimate of drug-likeness (QED) is 0.551. The van der Waals surface area contributed by atoms with E-state index in [4.69, 9.17) is 23.2 Å². The summed E-state index contributed by atoms with van der Waals surface area (Å²) in [6.07, 6.45) is -1.02. The molecule has 0 radical (unpaired) electrons. The predicted octanol–water partition coefficient (Wildman–Crippen LogP) is 4.92. The zero-order chi connectivity index (χ0) is 18.9. The first-order chi connectivity index (χ1) is 12.3. The fourth-order valence-electron chi connectivity index (χ4n) is 2.70. The van der Waals surface area contributed by atoms with Crippen LogP contribution >= 0.6 is 39.1 Å². The van der Waals surface area contributed by atoms with E-state index in [1.165, 1.54) is 12.1 Å². The highest BCUT2D eigenvalue weighted by Gasteiger charge is 2.24. The molecule has 2 N–H and O–H groups in total. The molecule has 3 aromatic carbocycles. The molecule has 0 aromatic heterocycles. The van der Waals surface area contributed by atoms with Crippen LogP contribution < -0.4 is 4.72 Å². The largest absolute Gasteiger partial charge is 0.387 e. The molecule has 0 aliphatic heterocycles. The monoisotopic (exact) mass is 473 g/mol. The standard InChI is InChI=1S/C18H14BrCl2NO3S/c19-12-8-15(20)18(16(21)9-12)26(24,25)22-10-17(23)14-7-3-5-11-4-1-2-6-13(11)14/h1-9,17,22-23H,10H2. The molecule has 0 fully saturated rings. The Morgan fingerprint density at radius 3 is 2.35 bits per heavy atom. The highest BCUT2D eigenvalue weighted by Crippen LogP contribution is 2.33. The number of benzene rings is 3. The van der Waals surface area contributed by atoms with Gasteiger partial charge in [-0.05, 0) is 28.5 Å². The van der Waals surface area contributed by atoms with Gasteiger partial charge < -0.3 is 5.11 Å². The maximum atomic E-state index is 12.6. The lowest BCUT2D eigenvalue weighted by Gasteiger charge is -2.16. The van der Waals surface area contributed by atoms with E-state index in [1.807, 2.05) is 36.4 Å².